The van der Waals surface area contributed by atoms with Crippen LogP contribution in [0.15, 0.2) is 48.9 Å². The molecule has 4 rings (SSSR count). The van der Waals surface area contributed by atoms with Crippen molar-refractivity contribution in [2.45, 2.75) is 18.9 Å². The van der Waals surface area contributed by atoms with E-state index in [1.165, 1.54) is 0 Å². The molecular weight excluding hydrogens is 402 g/mol. The number of aromatic nitrogens is 3. The number of piperidine rings is 1. The molecule has 3 aromatic rings. The summed E-state index contributed by atoms with van der Waals surface area (Å²) in [5, 5.41) is 3.34. The zero-order valence-corrected chi connectivity index (χ0v) is 17.0. The summed E-state index contributed by atoms with van der Waals surface area (Å²) in [6, 6.07) is 8.72. The van der Waals surface area contributed by atoms with E-state index in [0.717, 1.165) is 31.6 Å². The summed E-state index contributed by atoms with van der Waals surface area (Å²) in [6.07, 6.45) is 6.92. The summed E-state index contributed by atoms with van der Waals surface area (Å²) in [4.78, 5) is 28.0. The molecule has 1 aliphatic heterocycles. The Morgan fingerprint density at radius 2 is 2.10 bits per heavy atom. The number of rotatable bonds is 4. The summed E-state index contributed by atoms with van der Waals surface area (Å²) in [7, 11) is 0. The first kappa shape index (κ1) is 20.1. The first-order chi connectivity index (χ1) is 14.5. The fourth-order valence-electron chi connectivity index (χ4n) is 3.53. The lowest BCUT2D eigenvalue weighted by molar-refractivity contribution is 0.102. The fraction of sp³-hybridized carbons (Fsp3) is 0.238. The van der Waals surface area contributed by atoms with Crippen LogP contribution in [0.4, 0.5) is 17.1 Å². The number of carbonyl (C=O) groups excluding carboxylic acids is 1. The minimum absolute atomic E-state index is 0.0966. The van der Waals surface area contributed by atoms with E-state index in [1.807, 2.05) is 6.07 Å². The Kier molecular flexibility index (Phi) is 5.78. The predicted octanol–water partition coefficient (Wildman–Crippen LogP) is 2.95. The number of anilines is 3. The number of pyridine rings is 3. The number of amides is 1. The van der Waals surface area contributed by atoms with Gasteiger partial charge in [-0.05, 0) is 43.2 Å². The van der Waals surface area contributed by atoms with Gasteiger partial charge in [0.15, 0.2) is 5.69 Å². The van der Waals surface area contributed by atoms with Crippen LogP contribution in [-0.2, 0) is 0 Å². The summed E-state index contributed by atoms with van der Waals surface area (Å²) in [6.45, 7) is 1.59. The van der Waals surface area contributed by atoms with Crippen molar-refractivity contribution in [3.63, 3.8) is 0 Å². The molecule has 1 aliphatic rings. The standard InChI is InChI=1S/C21H22ClN7O/c22-14-4-1-8-26-19(14)16-6-5-15(24)20(27-16)21(30)28-17-11-25-9-7-18(17)29-10-2-3-13(23)12-29/h1,4-9,11,13H,2-3,10,12,23-24H2,(H,28,30)/t13-/m0/s1. The molecule has 0 radical (unpaired) electrons. The van der Waals surface area contributed by atoms with Gasteiger partial charge in [0.2, 0.25) is 0 Å². The molecule has 154 valence electrons. The highest BCUT2D eigenvalue weighted by molar-refractivity contribution is 6.32. The lowest BCUT2D eigenvalue weighted by Gasteiger charge is -2.33. The monoisotopic (exact) mass is 423 g/mol. The van der Waals surface area contributed by atoms with Crippen molar-refractivity contribution >= 4 is 34.6 Å². The second-order valence-corrected chi connectivity index (χ2v) is 7.57. The predicted molar refractivity (Wildman–Crippen MR) is 119 cm³/mol. The molecule has 1 fully saturated rings. The van der Waals surface area contributed by atoms with Gasteiger partial charge in [0, 0.05) is 31.5 Å². The van der Waals surface area contributed by atoms with Gasteiger partial charge in [0.05, 0.1) is 34.0 Å². The van der Waals surface area contributed by atoms with Crippen LogP contribution in [0.3, 0.4) is 0 Å². The third-order valence-electron chi connectivity index (χ3n) is 4.99. The molecule has 0 unspecified atom stereocenters. The van der Waals surface area contributed by atoms with E-state index in [0.29, 0.717) is 22.1 Å². The molecule has 0 spiro atoms. The van der Waals surface area contributed by atoms with Gasteiger partial charge >= 0.3 is 0 Å². The third kappa shape index (κ3) is 4.19. The summed E-state index contributed by atoms with van der Waals surface area (Å²) in [5.41, 5.74) is 14.9. The molecule has 1 atom stereocenters. The highest BCUT2D eigenvalue weighted by Crippen LogP contribution is 2.29. The van der Waals surface area contributed by atoms with Gasteiger partial charge in [-0.1, -0.05) is 11.6 Å². The average Bonchev–Trinajstić information content (AvgIpc) is 2.75. The third-order valence-corrected chi connectivity index (χ3v) is 5.29. The highest BCUT2D eigenvalue weighted by Gasteiger charge is 2.21. The number of halogens is 1. The summed E-state index contributed by atoms with van der Waals surface area (Å²) < 4.78 is 0. The lowest BCUT2D eigenvalue weighted by Crippen LogP contribution is -2.43. The van der Waals surface area contributed by atoms with Crippen molar-refractivity contribution in [2.24, 2.45) is 5.73 Å². The van der Waals surface area contributed by atoms with E-state index in [-0.39, 0.29) is 17.4 Å². The average molecular weight is 424 g/mol. The van der Waals surface area contributed by atoms with Crippen molar-refractivity contribution in [3.05, 3.63) is 59.6 Å². The molecule has 9 heteroatoms. The van der Waals surface area contributed by atoms with Gasteiger partial charge in [-0.25, -0.2) is 4.98 Å². The molecule has 1 saturated heterocycles. The summed E-state index contributed by atoms with van der Waals surface area (Å²) in [5.74, 6) is -0.433. The number of hydrogen-bond acceptors (Lipinski definition) is 7. The Morgan fingerprint density at radius 1 is 1.23 bits per heavy atom. The number of nitrogens with zero attached hydrogens (tertiary/aromatic N) is 4. The zero-order chi connectivity index (χ0) is 21.1. The maximum Gasteiger partial charge on any atom is 0.276 e. The van der Waals surface area contributed by atoms with Gasteiger partial charge in [0.1, 0.15) is 5.69 Å². The van der Waals surface area contributed by atoms with Gasteiger partial charge in [-0.2, -0.15) is 0 Å². The second-order valence-electron chi connectivity index (χ2n) is 7.16. The van der Waals surface area contributed by atoms with Crippen LogP contribution in [0, 0.1) is 0 Å². The molecule has 3 aromatic heterocycles. The van der Waals surface area contributed by atoms with E-state index >= 15 is 0 Å². The Bertz CT molecular complexity index is 1070. The molecule has 0 aromatic carbocycles. The number of nitrogen functional groups attached to an aromatic ring is 1. The first-order valence-corrected chi connectivity index (χ1v) is 10.0. The Morgan fingerprint density at radius 3 is 2.90 bits per heavy atom. The molecule has 0 saturated carbocycles. The minimum atomic E-state index is -0.433. The fourth-order valence-corrected chi connectivity index (χ4v) is 3.75. The van der Waals surface area contributed by atoms with E-state index in [4.69, 9.17) is 23.1 Å². The quantitative estimate of drug-likeness (QED) is 0.589. The van der Waals surface area contributed by atoms with Gasteiger partial charge in [-0.3, -0.25) is 14.8 Å². The van der Waals surface area contributed by atoms with Crippen molar-refractivity contribution in [3.8, 4) is 11.4 Å². The Balaban J connectivity index is 1.62. The SMILES string of the molecule is Nc1ccc(-c2ncccc2Cl)nc1C(=O)Nc1cnccc1N1CCC[C@H](N)C1. The van der Waals surface area contributed by atoms with E-state index in [1.54, 1.807) is 42.9 Å². The molecule has 8 nitrogen and oxygen atoms in total. The van der Waals surface area contributed by atoms with Crippen molar-refractivity contribution in [1.82, 2.24) is 15.0 Å². The van der Waals surface area contributed by atoms with E-state index in [2.05, 4.69) is 25.2 Å². The number of hydrogen-bond donors (Lipinski definition) is 3. The maximum absolute atomic E-state index is 13.0. The van der Waals surface area contributed by atoms with Crippen molar-refractivity contribution < 1.29 is 4.79 Å². The topological polar surface area (TPSA) is 123 Å². The highest BCUT2D eigenvalue weighted by atomic mass is 35.5. The van der Waals surface area contributed by atoms with Crippen molar-refractivity contribution in [1.29, 1.82) is 0 Å². The van der Waals surface area contributed by atoms with Crippen LogP contribution in [0.1, 0.15) is 23.3 Å². The maximum atomic E-state index is 13.0. The molecule has 1 amide bonds. The van der Waals surface area contributed by atoms with E-state index < -0.39 is 5.91 Å². The smallest absolute Gasteiger partial charge is 0.276 e. The van der Waals surface area contributed by atoms with Crippen LogP contribution >= 0.6 is 11.6 Å². The molecule has 30 heavy (non-hydrogen) atoms. The normalized spacial score (nSPS) is 16.3. The van der Waals surface area contributed by atoms with E-state index in [9.17, 15) is 4.79 Å². The van der Waals surface area contributed by atoms with Crippen molar-refractivity contribution in [2.75, 3.05) is 29.0 Å². The number of carbonyl (C=O) groups is 1. The molecule has 0 aliphatic carbocycles. The van der Waals surface area contributed by atoms with Crippen LogP contribution in [0.25, 0.3) is 11.4 Å². The van der Waals surface area contributed by atoms with Crippen LogP contribution in [0.2, 0.25) is 5.02 Å². The lowest BCUT2D eigenvalue weighted by atomic mass is 10.1. The second kappa shape index (κ2) is 8.64. The minimum Gasteiger partial charge on any atom is -0.397 e. The van der Waals surface area contributed by atoms with Crippen LogP contribution in [-0.4, -0.2) is 40.0 Å². The summed E-state index contributed by atoms with van der Waals surface area (Å²) >= 11 is 6.22. The molecule has 4 heterocycles. The number of nitrogens with one attached hydrogen (secondary N) is 1. The van der Waals surface area contributed by atoms with Gasteiger partial charge in [-0.15, -0.1) is 0 Å². The molecular formula is C21H22ClN7O. The Hall–Kier alpha value is -3.23. The van der Waals surface area contributed by atoms with Gasteiger partial charge in [0.25, 0.3) is 5.91 Å². The first-order valence-electron chi connectivity index (χ1n) is 9.66. The van der Waals surface area contributed by atoms with Gasteiger partial charge < -0.3 is 21.7 Å². The number of nitrogens with two attached hydrogens (primary N) is 2. The Labute approximate surface area is 179 Å². The zero-order valence-electron chi connectivity index (χ0n) is 16.3. The molecule has 0 bridgehead atoms. The van der Waals surface area contributed by atoms with Crippen LogP contribution in [0.5, 0.6) is 0 Å². The van der Waals surface area contributed by atoms with Crippen LogP contribution < -0.4 is 21.7 Å². The molecule has 5 N–H and O–H groups in total. The largest absolute Gasteiger partial charge is 0.397 e.